The van der Waals surface area contributed by atoms with E-state index in [2.05, 4.69) is 45.9 Å². The predicted molar refractivity (Wildman–Crippen MR) is 147 cm³/mol. The van der Waals surface area contributed by atoms with Crippen molar-refractivity contribution >= 4 is 45.7 Å². The van der Waals surface area contributed by atoms with Gasteiger partial charge in [-0.15, -0.1) is 0 Å². The second-order valence-corrected chi connectivity index (χ2v) is 9.84. The van der Waals surface area contributed by atoms with Gasteiger partial charge in [0.25, 0.3) is 5.91 Å². The van der Waals surface area contributed by atoms with Crippen LogP contribution in [0.1, 0.15) is 44.7 Å². The SMILES string of the molecule is O=C(Nc1cccc([C@@H]2NC[C@H](c3ccccc3Cl)c3c2[nH]c2ccccc32)c1)c1ccc(Cl)cc1. The van der Waals surface area contributed by atoms with E-state index in [0.717, 1.165) is 39.6 Å². The molecule has 4 aromatic carbocycles. The van der Waals surface area contributed by atoms with Crippen molar-refractivity contribution in [2.24, 2.45) is 0 Å². The van der Waals surface area contributed by atoms with Gasteiger partial charge < -0.3 is 15.6 Å². The van der Waals surface area contributed by atoms with Crippen LogP contribution in [0.15, 0.2) is 97.1 Å². The Hall–Kier alpha value is -3.57. The second-order valence-electron chi connectivity index (χ2n) is 9.00. The van der Waals surface area contributed by atoms with E-state index in [0.29, 0.717) is 10.6 Å². The van der Waals surface area contributed by atoms with E-state index in [-0.39, 0.29) is 17.9 Å². The number of halogens is 2. The number of aromatic nitrogens is 1. The molecule has 0 aliphatic carbocycles. The molecule has 0 saturated carbocycles. The van der Waals surface area contributed by atoms with Crippen LogP contribution in [0.25, 0.3) is 10.9 Å². The number of benzene rings is 4. The first kappa shape index (κ1) is 22.9. The van der Waals surface area contributed by atoms with E-state index in [4.69, 9.17) is 23.2 Å². The van der Waals surface area contributed by atoms with Gasteiger partial charge in [0.05, 0.1) is 6.04 Å². The van der Waals surface area contributed by atoms with Gasteiger partial charge in [0.15, 0.2) is 0 Å². The average Bonchev–Trinajstić information content (AvgIpc) is 3.29. The lowest BCUT2D eigenvalue weighted by atomic mass is 9.83. The molecular formula is C30H23Cl2N3O. The molecule has 6 heteroatoms. The molecule has 1 aliphatic rings. The van der Waals surface area contributed by atoms with Gasteiger partial charge in [0.1, 0.15) is 0 Å². The third kappa shape index (κ3) is 4.18. The van der Waals surface area contributed by atoms with Crippen molar-refractivity contribution in [1.29, 1.82) is 0 Å². The van der Waals surface area contributed by atoms with Crippen LogP contribution in [0, 0.1) is 0 Å². The molecule has 0 saturated heterocycles. The number of para-hydroxylation sites is 1. The lowest BCUT2D eigenvalue weighted by Gasteiger charge is -2.32. The summed E-state index contributed by atoms with van der Waals surface area (Å²) in [6.07, 6.45) is 0. The number of H-pyrrole nitrogens is 1. The van der Waals surface area contributed by atoms with Crippen molar-refractivity contribution in [3.63, 3.8) is 0 Å². The van der Waals surface area contributed by atoms with Crippen LogP contribution in [-0.4, -0.2) is 17.4 Å². The molecule has 1 aromatic heterocycles. The number of anilines is 1. The minimum absolute atomic E-state index is 0.0569. The van der Waals surface area contributed by atoms with E-state index in [1.165, 1.54) is 10.9 Å². The Balaban J connectivity index is 1.38. The number of hydrogen-bond donors (Lipinski definition) is 3. The first-order valence-corrected chi connectivity index (χ1v) is 12.6. The van der Waals surface area contributed by atoms with Crippen LogP contribution in [0.3, 0.4) is 0 Å². The molecule has 5 aromatic rings. The molecule has 0 unspecified atom stereocenters. The van der Waals surface area contributed by atoms with Crippen LogP contribution in [-0.2, 0) is 0 Å². The van der Waals surface area contributed by atoms with Crippen molar-refractivity contribution < 1.29 is 4.79 Å². The Morgan fingerprint density at radius 3 is 2.47 bits per heavy atom. The van der Waals surface area contributed by atoms with E-state index in [1.807, 2.05) is 42.5 Å². The van der Waals surface area contributed by atoms with Gasteiger partial charge in [-0.3, -0.25) is 4.79 Å². The number of carbonyl (C=O) groups excluding carboxylic acids is 1. The highest BCUT2D eigenvalue weighted by Gasteiger charge is 2.33. The van der Waals surface area contributed by atoms with Crippen molar-refractivity contribution in [2.45, 2.75) is 12.0 Å². The number of aromatic amines is 1. The molecule has 1 amide bonds. The first-order chi connectivity index (χ1) is 17.6. The lowest BCUT2D eigenvalue weighted by Crippen LogP contribution is -2.34. The van der Waals surface area contributed by atoms with E-state index >= 15 is 0 Å². The average molecular weight is 512 g/mol. The van der Waals surface area contributed by atoms with Crippen LogP contribution in [0.2, 0.25) is 10.0 Å². The van der Waals surface area contributed by atoms with E-state index in [1.54, 1.807) is 24.3 Å². The Morgan fingerprint density at radius 1 is 0.861 bits per heavy atom. The monoisotopic (exact) mass is 511 g/mol. The maximum Gasteiger partial charge on any atom is 0.255 e. The topological polar surface area (TPSA) is 56.9 Å². The molecule has 2 heterocycles. The number of amides is 1. The minimum atomic E-state index is -0.175. The molecule has 0 fully saturated rings. The van der Waals surface area contributed by atoms with Crippen LogP contribution in [0.4, 0.5) is 5.69 Å². The summed E-state index contributed by atoms with van der Waals surface area (Å²) in [5.41, 5.74) is 6.95. The van der Waals surface area contributed by atoms with Crippen LogP contribution in [0.5, 0.6) is 0 Å². The summed E-state index contributed by atoms with van der Waals surface area (Å²) in [6, 6.07) is 31.2. The van der Waals surface area contributed by atoms with E-state index in [9.17, 15) is 4.79 Å². The molecule has 0 radical (unpaired) electrons. The van der Waals surface area contributed by atoms with Crippen molar-refractivity contribution in [3.05, 3.63) is 135 Å². The molecular weight excluding hydrogens is 489 g/mol. The number of fused-ring (bicyclic) bond motifs is 3. The van der Waals surface area contributed by atoms with Gasteiger partial charge in [-0.25, -0.2) is 0 Å². The molecule has 0 spiro atoms. The quantitative estimate of drug-likeness (QED) is 0.233. The van der Waals surface area contributed by atoms with Gasteiger partial charge in [-0.05, 0) is 65.2 Å². The third-order valence-corrected chi connectivity index (χ3v) is 7.40. The summed E-state index contributed by atoms with van der Waals surface area (Å²) in [6.45, 7) is 0.741. The normalized spacial score (nSPS) is 17.1. The largest absolute Gasteiger partial charge is 0.357 e. The summed E-state index contributed by atoms with van der Waals surface area (Å²) < 4.78 is 0. The molecule has 0 bridgehead atoms. The molecule has 4 nitrogen and oxygen atoms in total. The van der Waals surface area contributed by atoms with Gasteiger partial charge in [-0.1, -0.05) is 71.7 Å². The second kappa shape index (κ2) is 9.47. The maximum absolute atomic E-state index is 12.8. The van der Waals surface area contributed by atoms with Gasteiger partial charge in [-0.2, -0.15) is 0 Å². The summed E-state index contributed by atoms with van der Waals surface area (Å²) >= 11 is 12.6. The van der Waals surface area contributed by atoms with Gasteiger partial charge in [0.2, 0.25) is 0 Å². The fourth-order valence-corrected chi connectivity index (χ4v) is 5.53. The minimum Gasteiger partial charge on any atom is -0.357 e. The highest BCUT2D eigenvalue weighted by Crippen LogP contribution is 2.43. The molecule has 1 aliphatic heterocycles. The fourth-order valence-electron chi connectivity index (χ4n) is 5.14. The molecule has 178 valence electrons. The zero-order valence-corrected chi connectivity index (χ0v) is 20.8. The van der Waals surface area contributed by atoms with Crippen molar-refractivity contribution in [2.75, 3.05) is 11.9 Å². The van der Waals surface area contributed by atoms with Crippen molar-refractivity contribution in [1.82, 2.24) is 10.3 Å². The highest BCUT2D eigenvalue weighted by molar-refractivity contribution is 6.31. The summed E-state index contributed by atoms with van der Waals surface area (Å²) in [5.74, 6) is -0.0561. The predicted octanol–water partition coefficient (Wildman–Crippen LogP) is 7.55. The van der Waals surface area contributed by atoms with Crippen LogP contribution >= 0.6 is 23.2 Å². The number of hydrogen-bond acceptors (Lipinski definition) is 2. The summed E-state index contributed by atoms with van der Waals surface area (Å²) in [4.78, 5) is 16.4. The number of carbonyl (C=O) groups is 1. The molecule has 36 heavy (non-hydrogen) atoms. The zero-order valence-electron chi connectivity index (χ0n) is 19.3. The maximum atomic E-state index is 12.8. The van der Waals surface area contributed by atoms with E-state index < -0.39 is 0 Å². The lowest BCUT2D eigenvalue weighted by molar-refractivity contribution is 0.102. The molecule has 2 atom stereocenters. The Kier molecular flexibility index (Phi) is 6.02. The number of nitrogens with one attached hydrogen (secondary N) is 3. The standard InChI is InChI=1S/C30H23Cl2N3O/c31-20-14-12-18(13-15-20)30(36)34-21-7-5-6-19(16-21)28-29-27(23-9-2-4-11-26(23)35-29)24(17-33-28)22-8-1-3-10-25(22)32/h1-16,24,28,33,35H,17H2,(H,34,36)/t24-,28+/m1/s1. The zero-order chi connectivity index (χ0) is 24.6. The van der Waals surface area contributed by atoms with Gasteiger partial charge >= 0.3 is 0 Å². The fraction of sp³-hybridized carbons (Fsp3) is 0.100. The van der Waals surface area contributed by atoms with Gasteiger partial charge in [0, 0.05) is 50.4 Å². The number of rotatable bonds is 4. The molecule has 3 N–H and O–H groups in total. The first-order valence-electron chi connectivity index (χ1n) is 11.8. The highest BCUT2D eigenvalue weighted by atomic mass is 35.5. The Bertz CT molecular complexity index is 1580. The molecule has 6 rings (SSSR count). The van der Waals surface area contributed by atoms with Crippen molar-refractivity contribution in [3.8, 4) is 0 Å². The third-order valence-electron chi connectivity index (χ3n) is 6.80. The van der Waals surface area contributed by atoms with Crippen LogP contribution < -0.4 is 10.6 Å². The summed E-state index contributed by atoms with van der Waals surface area (Å²) in [5, 5.41) is 9.31. The Morgan fingerprint density at radius 2 is 1.64 bits per heavy atom. The Labute approximate surface area is 219 Å². The smallest absolute Gasteiger partial charge is 0.255 e. The summed E-state index contributed by atoms with van der Waals surface area (Å²) in [7, 11) is 0.